The second-order valence-corrected chi connectivity index (χ2v) is 3.34. The van der Waals surface area contributed by atoms with Crippen molar-refractivity contribution in [3.05, 3.63) is 0 Å². The minimum atomic E-state index is -1.18. The fraction of sp³-hybridized carbons (Fsp3) is 0.875. The summed E-state index contributed by atoms with van der Waals surface area (Å²) in [5.41, 5.74) is 0. The van der Waals surface area contributed by atoms with Crippen molar-refractivity contribution in [2.75, 3.05) is 13.2 Å². The smallest absolute Gasteiger partial charge is 0.217 e. The normalized spacial score (nSPS) is 38.0. The second kappa shape index (κ2) is 4.70. The lowest BCUT2D eigenvalue weighted by atomic mass is 9.98. The van der Waals surface area contributed by atoms with E-state index in [2.05, 4.69) is 5.32 Å². The molecular weight excluding hydrogens is 190 g/mol. The van der Waals surface area contributed by atoms with Crippen molar-refractivity contribution in [1.29, 1.82) is 0 Å². The molecule has 1 aliphatic heterocycles. The number of aliphatic hydroxyl groups excluding tert-OH is 3. The fourth-order valence-electron chi connectivity index (χ4n) is 1.43. The highest BCUT2D eigenvalue weighted by molar-refractivity contribution is 5.73. The van der Waals surface area contributed by atoms with Gasteiger partial charge in [0.1, 0.15) is 18.3 Å². The largest absolute Gasteiger partial charge is 0.394 e. The van der Waals surface area contributed by atoms with Crippen LogP contribution >= 0.6 is 0 Å². The van der Waals surface area contributed by atoms with Crippen molar-refractivity contribution in [3.63, 3.8) is 0 Å². The van der Waals surface area contributed by atoms with Gasteiger partial charge in [0.05, 0.1) is 19.3 Å². The van der Waals surface area contributed by atoms with Gasteiger partial charge in [-0.2, -0.15) is 0 Å². The predicted octanol–water partition coefficient (Wildman–Crippen LogP) is -2.40. The monoisotopic (exact) mass is 205 g/mol. The van der Waals surface area contributed by atoms with Gasteiger partial charge in [0.2, 0.25) is 5.91 Å². The van der Waals surface area contributed by atoms with Gasteiger partial charge in [-0.3, -0.25) is 4.79 Å². The van der Waals surface area contributed by atoms with Crippen LogP contribution in [-0.4, -0.2) is 58.8 Å². The quantitative estimate of drug-likeness (QED) is 0.403. The zero-order valence-electron chi connectivity index (χ0n) is 7.88. The first-order valence-electron chi connectivity index (χ1n) is 4.42. The minimum absolute atomic E-state index is 0.0863. The van der Waals surface area contributed by atoms with Gasteiger partial charge in [0, 0.05) is 6.92 Å². The first kappa shape index (κ1) is 11.4. The van der Waals surface area contributed by atoms with Crippen LogP contribution in [0.4, 0.5) is 0 Å². The van der Waals surface area contributed by atoms with Gasteiger partial charge in [-0.15, -0.1) is 0 Å². The number of carbonyl (C=O) groups is 1. The van der Waals surface area contributed by atoms with Crippen LogP contribution in [0.3, 0.4) is 0 Å². The molecule has 1 rings (SSSR count). The molecule has 4 N–H and O–H groups in total. The van der Waals surface area contributed by atoms with Gasteiger partial charge in [0.25, 0.3) is 0 Å². The van der Waals surface area contributed by atoms with Crippen LogP contribution in [-0.2, 0) is 9.53 Å². The van der Waals surface area contributed by atoms with Gasteiger partial charge < -0.3 is 25.4 Å². The summed E-state index contributed by atoms with van der Waals surface area (Å²) in [7, 11) is 0. The van der Waals surface area contributed by atoms with Gasteiger partial charge in [-0.05, 0) is 0 Å². The van der Waals surface area contributed by atoms with Gasteiger partial charge in [-0.1, -0.05) is 0 Å². The van der Waals surface area contributed by atoms with Crippen molar-refractivity contribution in [2.45, 2.75) is 31.3 Å². The number of ether oxygens (including phenoxy) is 1. The van der Waals surface area contributed by atoms with Crippen LogP contribution < -0.4 is 5.32 Å². The van der Waals surface area contributed by atoms with E-state index in [-0.39, 0.29) is 19.1 Å². The number of hydrogen-bond acceptors (Lipinski definition) is 5. The first-order valence-corrected chi connectivity index (χ1v) is 4.42. The van der Waals surface area contributed by atoms with Crippen LogP contribution in [0.25, 0.3) is 0 Å². The minimum Gasteiger partial charge on any atom is -0.394 e. The topological polar surface area (TPSA) is 99.0 Å². The van der Waals surface area contributed by atoms with Crippen LogP contribution in [0, 0.1) is 0 Å². The lowest BCUT2D eigenvalue weighted by Crippen LogP contribution is -2.59. The Labute approximate surface area is 81.5 Å². The van der Waals surface area contributed by atoms with Gasteiger partial charge in [-0.25, -0.2) is 0 Å². The molecule has 1 unspecified atom stereocenters. The summed E-state index contributed by atoms with van der Waals surface area (Å²) in [4.78, 5) is 10.7. The molecule has 14 heavy (non-hydrogen) atoms. The molecule has 6 nitrogen and oxygen atoms in total. The maximum Gasteiger partial charge on any atom is 0.217 e. The Morgan fingerprint density at radius 2 is 2.14 bits per heavy atom. The number of aliphatic hydroxyl groups is 3. The van der Waals surface area contributed by atoms with E-state index in [1.807, 2.05) is 0 Å². The molecule has 0 radical (unpaired) electrons. The number of nitrogens with one attached hydrogen (secondary N) is 1. The maximum absolute atomic E-state index is 10.7. The Bertz CT molecular complexity index is 210. The third-order valence-corrected chi connectivity index (χ3v) is 2.20. The molecule has 0 saturated carbocycles. The molecule has 0 bridgehead atoms. The van der Waals surface area contributed by atoms with Crippen molar-refractivity contribution in [2.24, 2.45) is 0 Å². The molecule has 82 valence electrons. The molecule has 0 aromatic carbocycles. The highest BCUT2D eigenvalue weighted by Crippen LogP contribution is 2.14. The average Bonchev–Trinajstić information content (AvgIpc) is 2.13. The summed E-state index contributed by atoms with van der Waals surface area (Å²) in [6, 6.07) is -0.620. The molecule has 1 saturated heterocycles. The highest BCUT2D eigenvalue weighted by atomic mass is 16.5. The lowest BCUT2D eigenvalue weighted by Gasteiger charge is -2.36. The molecule has 1 aliphatic rings. The Balaban J connectivity index is 2.54. The van der Waals surface area contributed by atoms with Crippen molar-refractivity contribution in [1.82, 2.24) is 5.32 Å². The number of carbonyl (C=O) groups excluding carboxylic acids is 1. The molecule has 1 heterocycles. The Morgan fingerprint density at radius 3 is 2.64 bits per heavy atom. The molecule has 1 amide bonds. The summed E-state index contributed by atoms with van der Waals surface area (Å²) in [6.45, 7) is 1.05. The van der Waals surface area contributed by atoms with E-state index in [9.17, 15) is 15.0 Å². The van der Waals surface area contributed by atoms with E-state index in [4.69, 9.17) is 9.84 Å². The van der Waals surface area contributed by atoms with Gasteiger partial charge in [0.15, 0.2) is 0 Å². The lowest BCUT2D eigenvalue weighted by molar-refractivity contribution is -0.164. The third-order valence-electron chi connectivity index (χ3n) is 2.20. The highest BCUT2D eigenvalue weighted by Gasteiger charge is 2.38. The van der Waals surface area contributed by atoms with E-state index in [1.165, 1.54) is 6.92 Å². The Kier molecular flexibility index (Phi) is 3.82. The van der Waals surface area contributed by atoms with Crippen LogP contribution in [0.1, 0.15) is 6.92 Å². The number of hydrogen-bond donors (Lipinski definition) is 4. The second-order valence-electron chi connectivity index (χ2n) is 3.34. The Morgan fingerprint density at radius 1 is 1.50 bits per heavy atom. The van der Waals surface area contributed by atoms with Crippen molar-refractivity contribution < 1.29 is 24.9 Å². The van der Waals surface area contributed by atoms with Crippen LogP contribution in [0.5, 0.6) is 0 Å². The zero-order valence-corrected chi connectivity index (χ0v) is 7.88. The summed E-state index contributed by atoms with van der Waals surface area (Å²) in [5.74, 6) is -0.299. The molecule has 1 fully saturated rings. The predicted molar refractivity (Wildman–Crippen MR) is 46.4 cm³/mol. The van der Waals surface area contributed by atoms with Crippen molar-refractivity contribution >= 4 is 5.91 Å². The van der Waals surface area contributed by atoms with E-state index in [0.29, 0.717) is 0 Å². The Hall–Kier alpha value is -0.690. The van der Waals surface area contributed by atoms with Gasteiger partial charge >= 0.3 is 0 Å². The van der Waals surface area contributed by atoms with Crippen LogP contribution in [0.2, 0.25) is 0 Å². The first-order chi connectivity index (χ1) is 6.56. The average molecular weight is 205 g/mol. The van der Waals surface area contributed by atoms with Crippen LogP contribution in [0.15, 0.2) is 0 Å². The fourth-order valence-corrected chi connectivity index (χ4v) is 1.43. The summed E-state index contributed by atoms with van der Waals surface area (Å²) in [5, 5.41) is 30.2. The van der Waals surface area contributed by atoms with E-state index >= 15 is 0 Å². The third kappa shape index (κ3) is 2.42. The molecule has 0 spiro atoms. The van der Waals surface area contributed by atoms with Crippen molar-refractivity contribution in [3.8, 4) is 0 Å². The number of amides is 1. The summed E-state index contributed by atoms with van der Waals surface area (Å²) >= 11 is 0. The SMILES string of the molecule is CC(=O)NC1CO[C@H](CO)[C@@H](O)[C@@H]1O. The molecule has 4 atom stereocenters. The van der Waals surface area contributed by atoms with E-state index in [1.54, 1.807) is 0 Å². The maximum atomic E-state index is 10.7. The van der Waals surface area contributed by atoms with E-state index < -0.39 is 24.4 Å². The summed E-state index contributed by atoms with van der Waals surface area (Å²) in [6.07, 6.45) is -3.06. The molecule has 0 aliphatic carbocycles. The molecule has 0 aromatic rings. The van der Waals surface area contributed by atoms with E-state index in [0.717, 1.165) is 0 Å². The molecular formula is C8H15NO5. The molecule has 0 aromatic heterocycles. The summed E-state index contributed by atoms with van der Waals surface area (Å²) < 4.78 is 5.05. The standard InChI is InChI=1S/C8H15NO5/c1-4(11)9-5-3-14-6(2-10)8(13)7(5)12/h5-8,10,12-13H,2-3H2,1H3,(H,9,11)/t5?,6-,7-,8-/m1/s1. The number of rotatable bonds is 2. The molecule has 6 heteroatoms. The zero-order chi connectivity index (χ0) is 10.7.